The molecule has 1 aromatic rings. The fraction of sp³-hybridized carbons (Fsp3) is 0.111. The first-order valence-corrected chi connectivity index (χ1v) is 4.72. The zero-order valence-electron chi connectivity index (χ0n) is 8.94. The summed E-state index contributed by atoms with van der Waals surface area (Å²) in [6, 6.07) is 5.06. The summed E-state index contributed by atoms with van der Waals surface area (Å²) in [6.45, 7) is 1.75. The first kappa shape index (κ1) is 14.7. The van der Waals surface area contributed by atoms with Gasteiger partial charge >= 0.3 is 65.3 Å². The first-order valence-electron chi connectivity index (χ1n) is 4.34. The predicted molar refractivity (Wildman–Crippen MR) is 57.3 cm³/mol. The first-order chi connectivity index (χ1) is 7.13. The molecule has 78 valence electrons. The molecule has 0 aromatic heterocycles. The predicted octanol–water partition coefficient (Wildman–Crippen LogP) is -2.32. The fourth-order valence-corrected chi connectivity index (χ4v) is 1.67. The molecule has 0 saturated carbocycles. The van der Waals surface area contributed by atoms with E-state index in [1.54, 1.807) is 25.1 Å². The summed E-state index contributed by atoms with van der Waals surface area (Å²) in [5.41, 5.74) is 2.05. The van der Waals surface area contributed by atoms with E-state index in [2.05, 4.69) is 5.16 Å². The molecule has 1 aromatic carbocycles. The summed E-state index contributed by atoms with van der Waals surface area (Å²) in [6.07, 6.45) is 0.627. The van der Waals surface area contributed by atoms with Crippen molar-refractivity contribution in [3.8, 4) is 0 Å². The van der Waals surface area contributed by atoms with Gasteiger partial charge in [-0.25, -0.2) is 0 Å². The van der Waals surface area contributed by atoms with Crippen LogP contribution in [0.5, 0.6) is 0 Å². The number of benzene rings is 1. The van der Waals surface area contributed by atoms with Gasteiger partial charge < -0.3 is 14.9 Å². The summed E-state index contributed by atoms with van der Waals surface area (Å²) < 4.78 is 5.13. The third-order valence-electron chi connectivity index (χ3n) is 2.31. The van der Waals surface area contributed by atoms with Gasteiger partial charge in [-0.3, -0.25) is 0 Å². The number of nitrogens with zero attached hydrogens (tertiary/aromatic N) is 1. The van der Waals surface area contributed by atoms with Crippen molar-refractivity contribution in [2.45, 2.75) is 6.92 Å². The van der Waals surface area contributed by atoms with Crippen LogP contribution in [0.25, 0.3) is 0 Å². The Morgan fingerprint density at radius 1 is 1.56 bits per heavy atom. The maximum atomic E-state index is 9.48. The number of rotatable bonds is 1. The molecule has 0 bridgehead atoms. The van der Waals surface area contributed by atoms with Crippen molar-refractivity contribution < 1.29 is 73.1 Å². The molecule has 2 rings (SSSR count). The van der Waals surface area contributed by atoms with Crippen molar-refractivity contribution in [2.24, 2.45) is 5.16 Å². The Kier molecular flexibility index (Phi) is 5.51. The molecule has 0 spiro atoms. The van der Waals surface area contributed by atoms with E-state index in [1.807, 2.05) is 0 Å². The van der Waals surface area contributed by atoms with Crippen molar-refractivity contribution in [3.05, 3.63) is 35.4 Å². The van der Waals surface area contributed by atoms with Gasteiger partial charge in [0.1, 0.15) is 0 Å². The van der Waals surface area contributed by atoms with Crippen LogP contribution in [0, 0.1) is 6.10 Å². The molecule has 0 fully saturated rings. The van der Waals surface area contributed by atoms with Crippen molar-refractivity contribution >= 4 is 29.4 Å². The van der Waals surface area contributed by atoms with Gasteiger partial charge in [-0.2, -0.15) is 11.6 Å². The second kappa shape index (κ2) is 6.00. The minimum Gasteiger partial charge on any atom is -0.452 e. The summed E-state index contributed by atoms with van der Waals surface area (Å²) in [4.78, 5) is 0. The van der Waals surface area contributed by atoms with Crippen LogP contribution in [0.4, 0.5) is 0 Å². The van der Waals surface area contributed by atoms with Crippen molar-refractivity contribution in [2.75, 3.05) is 0 Å². The van der Waals surface area contributed by atoms with E-state index in [0.717, 1.165) is 5.56 Å². The van der Waals surface area contributed by atoms with Gasteiger partial charge in [0.2, 0.25) is 0 Å². The molecular weight excluding hydrogens is 302 g/mol. The smallest absolute Gasteiger partial charge is 0.452 e. The molecule has 0 amide bonds. The average Bonchev–Trinajstić information content (AvgIpc) is 2.53. The minimum absolute atomic E-state index is 0. The van der Waals surface area contributed by atoms with Crippen LogP contribution in [0.2, 0.25) is 0 Å². The maximum absolute atomic E-state index is 9.48. The van der Waals surface area contributed by atoms with E-state index in [4.69, 9.17) is 21.5 Å². The third kappa shape index (κ3) is 2.72. The average molecular weight is 310 g/mol. The molecule has 1 heterocycles. The molecule has 7 heteroatoms. The monoisotopic (exact) mass is 309 g/mol. The Bertz CT molecular complexity index is 429. The summed E-state index contributed by atoms with van der Waals surface area (Å²) in [5.74, 6) is 0. The third-order valence-corrected chi connectivity index (χ3v) is 2.61. The molecule has 16 heavy (non-hydrogen) atoms. The molecule has 0 unspecified atom stereocenters. The van der Waals surface area contributed by atoms with Crippen LogP contribution in [-0.2, 0) is 4.65 Å². The Morgan fingerprint density at radius 2 is 2.25 bits per heavy atom. The fourth-order valence-electron chi connectivity index (χ4n) is 1.56. The van der Waals surface area contributed by atoms with E-state index in [9.17, 15) is 5.02 Å². The van der Waals surface area contributed by atoms with Crippen LogP contribution in [-0.4, -0.2) is 22.5 Å². The molecule has 4 nitrogen and oxygen atoms in total. The Balaban J connectivity index is 0.00000128. The van der Waals surface area contributed by atoms with Crippen LogP contribution < -0.4 is 63.7 Å². The largest absolute Gasteiger partial charge is 1.00 e. The van der Waals surface area contributed by atoms with Gasteiger partial charge in [-0.1, -0.05) is 35.9 Å². The minimum atomic E-state index is -0.918. The number of oxime groups is 1. The van der Waals surface area contributed by atoms with Crippen LogP contribution in [0.3, 0.4) is 0 Å². The summed E-state index contributed by atoms with van der Waals surface area (Å²) >= 11 is 5.66. The maximum Gasteiger partial charge on any atom is 1.00 e. The van der Waals surface area contributed by atoms with Crippen molar-refractivity contribution in [1.29, 1.82) is 0 Å². The summed E-state index contributed by atoms with van der Waals surface area (Å²) in [7, 11) is -0.918. The molecule has 0 atom stereocenters. The number of halogens is 1. The van der Waals surface area contributed by atoms with E-state index < -0.39 is 7.12 Å². The number of hydrogen-bond acceptors (Lipinski definition) is 4. The molecule has 1 aliphatic heterocycles. The van der Waals surface area contributed by atoms with Crippen molar-refractivity contribution in [3.63, 3.8) is 0 Å². The van der Waals surface area contributed by atoms with Crippen LogP contribution in [0.15, 0.2) is 23.4 Å². The Morgan fingerprint density at radius 3 is 2.88 bits per heavy atom. The van der Waals surface area contributed by atoms with Gasteiger partial charge in [-0.05, 0) is 5.56 Å². The van der Waals surface area contributed by atoms with Crippen molar-refractivity contribution in [1.82, 2.24) is 0 Å². The molecule has 0 aliphatic carbocycles. The van der Waals surface area contributed by atoms with Crippen LogP contribution in [0.1, 0.15) is 18.1 Å². The molecular formula is C9H8BClNO3Rb. The van der Waals surface area contributed by atoms with Gasteiger partial charge in [0.05, 0.1) is 0 Å². The second-order valence-corrected chi connectivity index (χ2v) is 3.58. The molecule has 2 N–H and O–H groups in total. The SMILES string of the molecule is C[C-]1OB(O)c2ccc(/C(Cl)=N\O)cc21.[Rb+]. The normalized spacial score (nSPS) is 14.8. The van der Waals surface area contributed by atoms with E-state index in [0.29, 0.717) is 17.1 Å². The zero-order chi connectivity index (χ0) is 11.0. The van der Waals surface area contributed by atoms with Gasteiger partial charge in [-0.15, -0.1) is 11.5 Å². The van der Waals surface area contributed by atoms with Gasteiger partial charge in [0.15, 0.2) is 5.17 Å². The second-order valence-electron chi connectivity index (χ2n) is 3.22. The van der Waals surface area contributed by atoms with Gasteiger partial charge in [0, 0.05) is 0 Å². The van der Waals surface area contributed by atoms with Gasteiger partial charge in [0.25, 0.3) is 0 Å². The number of fused-ring (bicyclic) bond motifs is 1. The molecule has 1 aliphatic rings. The van der Waals surface area contributed by atoms with E-state index in [-0.39, 0.29) is 63.4 Å². The topological polar surface area (TPSA) is 62.0 Å². The quantitative estimate of drug-likeness (QED) is 0.201. The zero-order valence-corrected chi connectivity index (χ0v) is 14.6. The Hall–Kier alpha value is 0.640. The standard InChI is InChI=1S/C9H8BClNO3.Rb/c1-5-7-4-6(9(11)12-14)2-3-8(7)10(13)15-5;/h2-4,13-14H,1H3;/q-1;+1/b12-9+;. The molecule has 0 saturated heterocycles. The molecule has 0 radical (unpaired) electrons. The number of hydrogen-bond donors (Lipinski definition) is 2. The Labute approximate surface area is 148 Å². The van der Waals surface area contributed by atoms with E-state index >= 15 is 0 Å². The van der Waals surface area contributed by atoms with Crippen LogP contribution >= 0.6 is 11.6 Å². The van der Waals surface area contributed by atoms with E-state index in [1.165, 1.54) is 0 Å². The summed E-state index contributed by atoms with van der Waals surface area (Å²) in [5, 5.41) is 20.9.